The Kier molecular flexibility index (Phi) is 6.21. The van der Waals surface area contributed by atoms with Gasteiger partial charge in [-0.2, -0.15) is 0 Å². The number of aryl methyl sites for hydroxylation is 1. The summed E-state index contributed by atoms with van der Waals surface area (Å²) >= 11 is 0. The predicted molar refractivity (Wildman–Crippen MR) is 119 cm³/mol. The minimum atomic E-state index is -0.142. The zero-order valence-electron chi connectivity index (χ0n) is 17.9. The highest BCUT2D eigenvalue weighted by Gasteiger charge is 2.31. The van der Waals surface area contributed by atoms with Gasteiger partial charge in [-0.25, -0.2) is 4.98 Å². The largest absolute Gasteiger partial charge is 0.497 e. The molecule has 0 radical (unpaired) electrons. The Labute approximate surface area is 181 Å². The second kappa shape index (κ2) is 9.20. The maximum absolute atomic E-state index is 13.0. The van der Waals surface area contributed by atoms with Crippen molar-refractivity contribution in [3.63, 3.8) is 0 Å². The Morgan fingerprint density at radius 2 is 2.03 bits per heavy atom. The van der Waals surface area contributed by atoms with Gasteiger partial charge in [0.05, 0.1) is 31.2 Å². The molecule has 4 rings (SSSR count). The zero-order valence-corrected chi connectivity index (χ0v) is 17.9. The lowest BCUT2D eigenvalue weighted by atomic mass is 10.0. The smallest absolute Gasteiger partial charge is 0.258 e. The molecule has 3 aromatic rings. The highest BCUT2D eigenvalue weighted by atomic mass is 16.5. The highest BCUT2D eigenvalue weighted by molar-refractivity contribution is 5.78. The number of para-hydroxylation sites is 1. The highest BCUT2D eigenvalue weighted by Crippen LogP contribution is 2.39. The molecule has 1 fully saturated rings. The van der Waals surface area contributed by atoms with Crippen molar-refractivity contribution in [2.75, 3.05) is 20.8 Å². The van der Waals surface area contributed by atoms with Crippen LogP contribution in [-0.2, 0) is 11.2 Å². The van der Waals surface area contributed by atoms with Crippen LogP contribution in [0, 0.1) is 0 Å². The van der Waals surface area contributed by atoms with E-state index in [2.05, 4.69) is 9.97 Å². The number of likely N-dealkylation sites (tertiary alicyclic amines) is 1. The van der Waals surface area contributed by atoms with Crippen molar-refractivity contribution < 1.29 is 14.3 Å². The van der Waals surface area contributed by atoms with E-state index in [4.69, 9.17) is 9.47 Å². The molecule has 1 unspecified atom stereocenters. The second-order valence-corrected chi connectivity index (χ2v) is 7.74. The molecule has 1 N–H and O–H groups in total. The number of nitrogens with one attached hydrogen (secondary N) is 1. The van der Waals surface area contributed by atoms with Crippen LogP contribution in [0.15, 0.2) is 47.3 Å². The molecular weight excluding hydrogens is 394 g/mol. The number of nitrogens with zero attached hydrogens (tertiary/aromatic N) is 2. The molecule has 7 nitrogen and oxygen atoms in total. The van der Waals surface area contributed by atoms with Crippen molar-refractivity contribution >= 4 is 16.8 Å². The number of benzene rings is 2. The number of aromatic amines is 1. The SMILES string of the molecule is COc1ccc(OC)c(C2CCCN2C(=O)CCCc2nc3ccccc3c(=O)[nH]2)c1. The summed E-state index contributed by atoms with van der Waals surface area (Å²) in [6.45, 7) is 0.731. The molecule has 1 atom stereocenters. The van der Waals surface area contributed by atoms with Crippen molar-refractivity contribution in [1.29, 1.82) is 0 Å². The number of carbonyl (C=O) groups excluding carboxylic acids is 1. The van der Waals surface area contributed by atoms with Crippen LogP contribution in [0.2, 0.25) is 0 Å². The Hall–Kier alpha value is -3.35. The molecule has 1 amide bonds. The lowest BCUT2D eigenvalue weighted by Crippen LogP contribution is -2.30. The summed E-state index contributed by atoms with van der Waals surface area (Å²) < 4.78 is 10.9. The summed E-state index contributed by atoms with van der Waals surface area (Å²) in [5.74, 6) is 2.24. The van der Waals surface area contributed by atoms with Gasteiger partial charge in [-0.15, -0.1) is 0 Å². The van der Waals surface area contributed by atoms with Gasteiger partial charge in [0.1, 0.15) is 17.3 Å². The quantitative estimate of drug-likeness (QED) is 0.630. The zero-order chi connectivity index (χ0) is 21.8. The summed E-state index contributed by atoms with van der Waals surface area (Å²) in [5.41, 5.74) is 1.52. The first-order chi connectivity index (χ1) is 15.1. The Bertz CT molecular complexity index is 1140. The number of hydrogen-bond donors (Lipinski definition) is 1. The molecule has 1 aliphatic rings. The fraction of sp³-hybridized carbons (Fsp3) is 0.375. The standard InChI is InChI=1S/C24H27N3O4/c1-30-16-12-13-21(31-2)18(15-16)20-9-6-14-27(20)23(28)11-5-10-22-25-19-8-4-3-7-17(19)24(29)26-22/h3-4,7-8,12-13,15,20H,5-6,9-11,14H2,1-2H3,(H,25,26,29). The Balaban J connectivity index is 1.43. The van der Waals surface area contributed by atoms with Crippen LogP contribution in [0.1, 0.15) is 43.1 Å². The van der Waals surface area contributed by atoms with Crippen LogP contribution in [0.25, 0.3) is 10.9 Å². The van der Waals surface area contributed by atoms with Crippen molar-refractivity contribution in [1.82, 2.24) is 14.9 Å². The predicted octanol–water partition coefficient (Wildman–Crippen LogP) is 3.63. The number of rotatable bonds is 7. The first-order valence-electron chi connectivity index (χ1n) is 10.6. The average molecular weight is 421 g/mol. The van der Waals surface area contributed by atoms with Gasteiger partial charge in [-0.3, -0.25) is 9.59 Å². The second-order valence-electron chi connectivity index (χ2n) is 7.74. The molecule has 1 aliphatic heterocycles. The molecule has 2 heterocycles. The number of fused-ring (bicyclic) bond motifs is 1. The van der Waals surface area contributed by atoms with Crippen LogP contribution >= 0.6 is 0 Å². The molecule has 0 aliphatic carbocycles. The number of ether oxygens (including phenoxy) is 2. The number of amides is 1. The number of hydrogen-bond acceptors (Lipinski definition) is 5. The lowest BCUT2D eigenvalue weighted by Gasteiger charge is -2.26. The third kappa shape index (κ3) is 4.40. The van der Waals surface area contributed by atoms with E-state index in [9.17, 15) is 9.59 Å². The average Bonchev–Trinajstić information content (AvgIpc) is 3.28. The molecule has 0 bridgehead atoms. The number of aromatic nitrogens is 2. The maximum Gasteiger partial charge on any atom is 0.258 e. The van der Waals surface area contributed by atoms with Gasteiger partial charge in [-0.05, 0) is 49.6 Å². The molecule has 1 saturated heterocycles. The van der Waals surface area contributed by atoms with E-state index >= 15 is 0 Å². The monoisotopic (exact) mass is 421 g/mol. The fourth-order valence-corrected chi connectivity index (χ4v) is 4.29. The minimum Gasteiger partial charge on any atom is -0.497 e. The Morgan fingerprint density at radius 3 is 2.84 bits per heavy atom. The molecule has 162 valence electrons. The summed E-state index contributed by atoms with van der Waals surface area (Å²) in [6.07, 6.45) is 3.43. The topological polar surface area (TPSA) is 84.5 Å². The van der Waals surface area contributed by atoms with E-state index in [0.29, 0.717) is 36.0 Å². The fourth-order valence-electron chi connectivity index (χ4n) is 4.29. The van der Waals surface area contributed by atoms with E-state index in [1.165, 1.54) is 0 Å². The molecule has 7 heteroatoms. The van der Waals surface area contributed by atoms with Gasteiger partial charge in [0, 0.05) is 24.9 Å². The maximum atomic E-state index is 13.0. The molecule has 1 aromatic heterocycles. The van der Waals surface area contributed by atoms with Crippen molar-refractivity contribution in [2.45, 2.75) is 38.1 Å². The summed E-state index contributed by atoms with van der Waals surface area (Å²) in [6, 6.07) is 13.0. The van der Waals surface area contributed by atoms with Gasteiger partial charge in [0.15, 0.2) is 0 Å². The first kappa shape index (κ1) is 20.9. The summed E-state index contributed by atoms with van der Waals surface area (Å²) in [5, 5.41) is 0.578. The van der Waals surface area contributed by atoms with Crippen LogP contribution in [-0.4, -0.2) is 41.5 Å². The molecule has 2 aromatic carbocycles. The van der Waals surface area contributed by atoms with Gasteiger partial charge < -0.3 is 19.4 Å². The molecular formula is C24H27N3O4. The van der Waals surface area contributed by atoms with Crippen LogP contribution in [0.5, 0.6) is 11.5 Å². The van der Waals surface area contributed by atoms with Crippen molar-refractivity contribution in [3.8, 4) is 11.5 Å². The normalized spacial score (nSPS) is 15.9. The van der Waals surface area contributed by atoms with Crippen LogP contribution in [0.4, 0.5) is 0 Å². The van der Waals surface area contributed by atoms with Gasteiger partial charge in [0.2, 0.25) is 5.91 Å². The van der Waals surface area contributed by atoms with Crippen LogP contribution in [0.3, 0.4) is 0 Å². The molecule has 31 heavy (non-hydrogen) atoms. The third-order valence-corrected chi connectivity index (χ3v) is 5.84. The minimum absolute atomic E-state index is 0.0175. The Morgan fingerprint density at radius 1 is 1.19 bits per heavy atom. The van der Waals surface area contributed by atoms with Crippen molar-refractivity contribution in [3.05, 3.63) is 64.2 Å². The first-order valence-corrected chi connectivity index (χ1v) is 10.6. The van der Waals surface area contributed by atoms with E-state index in [1.54, 1.807) is 20.3 Å². The van der Waals surface area contributed by atoms with E-state index in [0.717, 1.165) is 36.4 Å². The van der Waals surface area contributed by atoms with E-state index in [-0.39, 0.29) is 17.5 Å². The van der Waals surface area contributed by atoms with Crippen LogP contribution < -0.4 is 15.0 Å². The van der Waals surface area contributed by atoms with E-state index < -0.39 is 0 Å². The van der Waals surface area contributed by atoms with E-state index in [1.807, 2.05) is 41.3 Å². The number of carbonyl (C=O) groups is 1. The third-order valence-electron chi connectivity index (χ3n) is 5.84. The number of methoxy groups -OCH3 is 2. The summed E-state index contributed by atoms with van der Waals surface area (Å²) in [4.78, 5) is 34.5. The van der Waals surface area contributed by atoms with Gasteiger partial charge in [-0.1, -0.05) is 12.1 Å². The van der Waals surface area contributed by atoms with Gasteiger partial charge >= 0.3 is 0 Å². The number of H-pyrrole nitrogens is 1. The molecule has 0 saturated carbocycles. The lowest BCUT2D eigenvalue weighted by molar-refractivity contribution is -0.132. The molecule has 0 spiro atoms. The summed E-state index contributed by atoms with van der Waals surface area (Å²) in [7, 11) is 3.28. The van der Waals surface area contributed by atoms with Crippen molar-refractivity contribution in [2.24, 2.45) is 0 Å². The van der Waals surface area contributed by atoms with Gasteiger partial charge in [0.25, 0.3) is 5.56 Å².